The van der Waals surface area contributed by atoms with Crippen LogP contribution in [0, 0.1) is 6.92 Å². The van der Waals surface area contributed by atoms with Gasteiger partial charge in [-0.1, -0.05) is 12.1 Å². The highest BCUT2D eigenvalue weighted by Crippen LogP contribution is 2.24. The van der Waals surface area contributed by atoms with Crippen molar-refractivity contribution in [3.05, 3.63) is 81.6 Å². The number of rotatable bonds is 3. The van der Waals surface area contributed by atoms with E-state index < -0.39 is 0 Å². The fourth-order valence-electron chi connectivity index (χ4n) is 2.59. The molecule has 0 atom stereocenters. The summed E-state index contributed by atoms with van der Waals surface area (Å²) >= 11 is 1.45. The van der Waals surface area contributed by atoms with Gasteiger partial charge in [0, 0.05) is 41.3 Å². The van der Waals surface area contributed by atoms with Crippen molar-refractivity contribution in [1.29, 1.82) is 0 Å². The zero-order valence-corrected chi connectivity index (χ0v) is 14.3. The Labute approximate surface area is 148 Å². The molecule has 4 heterocycles. The fourth-order valence-corrected chi connectivity index (χ4v) is 3.48. The van der Waals surface area contributed by atoms with Crippen LogP contribution in [0.1, 0.15) is 16.8 Å². The van der Waals surface area contributed by atoms with Crippen molar-refractivity contribution in [1.82, 2.24) is 19.4 Å². The van der Waals surface area contributed by atoms with E-state index in [1.54, 1.807) is 36.1 Å². The molecule has 0 aromatic carbocycles. The van der Waals surface area contributed by atoms with Crippen molar-refractivity contribution in [3.63, 3.8) is 0 Å². The highest BCUT2D eigenvalue weighted by Gasteiger charge is 2.13. The molecule has 0 N–H and O–H groups in total. The molecule has 0 bridgehead atoms. The first-order chi connectivity index (χ1) is 12.2. The Bertz CT molecular complexity index is 1110. The predicted molar refractivity (Wildman–Crippen MR) is 100 cm³/mol. The summed E-state index contributed by atoms with van der Waals surface area (Å²) in [6, 6.07) is 7.61. The van der Waals surface area contributed by atoms with Crippen LogP contribution in [-0.4, -0.2) is 19.4 Å². The number of nitrogens with zero attached hydrogens (tertiary/aromatic N) is 4. The average molecular weight is 346 g/mol. The maximum absolute atomic E-state index is 12.9. The first-order valence-corrected chi connectivity index (χ1v) is 8.61. The third-order valence-corrected chi connectivity index (χ3v) is 4.75. The molecular weight excluding hydrogens is 332 g/mol. The molecule has 0 fully saturated rings. The molecule has 0 aliphatic heterocycles. The van der Waals surface area contributed by atoms with E-state index in [9.17, 15) is 4.79 Å². The lowest BCUT2D eigenvalue weighted by molar-refractivity contribution is 1.04. The molecule has 0 aliphatic rings. The Morgan fingerprint density at radius 1 is 1.08 bits per heavy atom. The van der Waals surface area contributed by atoms with Gasteiger partial charge < -0.3 is 0 Å². The quantitative estimate of drug-likeness (QED) is 0.568. The maximum Gasteiger partial charge on any atom is 0.262 e. The van der Waals surface area contributed by atoms with Crippen LogP contribution in [0.4, 0.5) is 0 Å². The van der Waals surface area contributed by atoms with Crippen molar-refractivity contribution in [2.24, 2.45) is 0 Å². The SMILES string of the molecule is Cc1c(/C=C/c2cccnc2)nc2scc(-c3ccncc3)n2c1=O. The standard InChI is InChI=1S/C19H14N4OS/c1-13-16(5-4-14-3-2-8-21-11-14)22-19-23(18(13)24)17(12-25-19)15-6-9-20-10-7-15/h2-12H,1H3/b5-4+. The Hall–Kier alpha value is -3.12. The summed E-state index contributed by atoms with van der Waals surface area (Å²) in [5.74, 6) is 0. The van der Waals surface area contributed by atoms with E-state index in [-0.39, 0.29) is 5.56 Å². The smallest absolute Gasteiger partial charge is 0.262 e. The molecule has 4 aromatic heterocycles. The molecule has 0 saturated heterocycles. The van der Waals surface area contributed by atoms with Gasteiger partial charge in [0.15, 0.2) is 4.96 Å². The highest BCUT2D eigenvalue weighted by molar-refractivity contribution is 7.15. The van der Waals surface area contributed by atoms with Crippen LogP contribution in [-0.2, 0) is 0 Å². The minimum absolute atomic E-state index is 0.0519. The third kappa shape index (κ3) is 2.88. The minimum atomic E-state index is -0.0519. The number of thiazole rings is 1. The largest absolute Gasteiger partial charge is 0.269 e. The normalized spacial score (nSPS) is 11.4. The van der Waals surface area contributed by atoms with Gasteiger partial charge in [0.2, 0.25) is 0 Å². The van der Waals surface area contributed by atoms with Crippen LogP contribution in [0.3, 0.4) is 0 Å². The van der Waals surface area contributed by atoms with Gasteiger partial charge in [0.1, 0.15) is 0 Å². The van der Waals surface area contributed by atoms with Gasteiger partial charge in [0.05, 0.1) is 11.4 Å². The molecule has 5 nitrogen and oxygen atoms in total. The molecule has 25 heavy (non-hydrogen) atoms. The van der Waals surface area contributed by atoms with Gasteiger partial charge in [-0.25, -0.2) is 4.98 Å². The molecule has 0 amide bonds. The van der Waals surface area contributed by atoms with Crippen molar-refractivity contribution >= 4 is 28.4 Å². The average Bonchev–Trinajstić information content (AvgIpc) is 3.09. The van der Waals surface area contributed by atoms with Crippen LogP contribution < -0.4 is 5.56 Å². The summed E-state index contributed by atoms with van der Waals surface area (Å²) in [6.45, 7) is 1.80. The van der Waals surface area contributed by atoms with Gasteiger partial charge in [-0.2, -0.15) is 0 Å². The van der Waals surface area contributed by atoms with E-state index in [0.717, 1.165) is 16.8 Å². The second-order valence-electron chi connectivity index (χ2n) is 5.52. The Morgan fingerprint density at radius 3 is 2.68 bits per heavy atom. The topological polar surface area (TPSA) is 60.1 Å². The lowest BCUT2D eigenvalue weighted by Crippen LogP contribution is -2.18. The number of hydrogen-bond donors (Lipinski definition) is 0. The van der Waals surface area contributed by atoms with Gasteiger partial charge in [-0.15, -0.1) is 11.3 Å². The van der Waals surface area contributed by atoms with Crippen molar-refractivity contribution in [3.8, 4) is 11.3 Å². The molecule has 0 radical (unpaired) electrons. The van der Waals surface area contributed by atoms with Crippen molar-refractivity contribution in [2.45, 2.75) is 6.92 Å². The zero-order valence-electron chi connectivity index (χ0n) is 13.5. The first-order valence-electron chi connectivity index (χ1n) is 7.73. The van der Waals surface area contributed by atoms with Crippen molar-refractivity contribution < 1.29 is 0 Å². The van der Waals surface area contributed by atoms with E-state index >= 15 is 0 Å². The molecule has 0 aliphatic carbocycles. The number of aromatic nitrogens is 4. The summed E-state index contributed by atoms with van der Waals surface area (Å²) in [6.07, 6.45) is 10.7. The molecule has 0 saturated carbocycles. The summed E-state index contributed by atoms with van der Waals surface area (Å²) in [7, 11) is 0. The van der Waals surface area contributed by atoms with Crippen molar-refractivity contribution in [2.75, 3.05) is 0 Å². The minimum Gasteiger partial charge on any atom is -0.269 e. The van der Waals surface area contributed by atoms with Gasteiger partial charge in [0.25, 0.3) is 5.56 Å². The lowest BCUT2D eigenvalue weighted by Gasteiger charge is -2.04. The first kappa shape index (κ1) is 15.4. The van der Waals surface area contributed by atoms with E-state index in [0.29, 0.717) is 16.2 Å². The van der Waals surface area contributed by atoms with Crippen LogP contribution in [0.5, 0.6) is 0 Å². The highest BCUT2D eigenvalue weighted by atomic mass is 32.1. The van der Waals surface area contributed by atoms with Gasteiger partial charge in [-0.3, -0.25) is 19.2 Å². The van der Waals surface area contributed by atoms with Crippen LogP contribution in [0.15, 0.2) is 59.2 Å². The second kappa shape index (κ2) is 6.41. The fraction of sp³-hybridized carbons (Fsp3) is 0.0526. The third-order valence-electron chi connectivity index (χ3n) is 3.93. The number of hydrogen-bond acceptors (Lipinski definition) is 5. The van der Waals surface area contributed by atoms with E-state index in [1.807, 2.05) is 41.8 Å². The molecular formula is C19H14N4OS. The molecule has 4 rings (SSSR count). The predicted octanol–water partition coefficient (Wildman–Crippen LogP) is 3.69. The number of pyridine rings is 2. The van der Waals surface area contributed by atoms with Gasteiger partial charge in [-0.05, 0) is 36.8 Å². The molecule has 6 heteroatoms. The zero-order chi connectivity index (χ0) is 17.2. The summed E-state index contributed by atoms with van der Waals surface area (Å²) < 4.78 is 1.66. The Kier molecular flexibility index (Phi) is 3.95. The van der Waals surface area contributed by atoms with Crippen LogP contribution >= 0.6 is 11.3 Å². The lowest BCUT2D eigenvalue weighted by atomic mass is 10.2. The monoisotopic (exact) mass is 346 g/mol. The maximum atomic E-state index is 12.9. The van der Waals surface area contributed by atoms with Crippen LogP contribution in [0.25, 0.3) is 28.4 Å². The number of fused-ring (bicyclic) bond motifs is 1. The van der Waals surface area contributed by atoms with E-state index in [1.165, 1.54) is 11.3 Å². The molecule has 0 spiro atoms. The second-order valence-corrected chi connectivity index (χ2v) is 6.36. The van der Waals surface area contributed by atoms with Gasteiger partial charge >= 0.3 is 0 Å². The Morgan fingerprint density at radius 2 is 1.92 bits per heavy atom. The molecule has 122 valence electrons. The summed E-state index contributed by atoms with van der Waals surface area (Å²) in [4.78, 5) is 26.3. The van der Waals surface area contributed by atoms with E-state index in [4.69, 9.17) is 0 Å². The summed E-state index contributed by atoms with van der Waals surface area (Å²) in [5, 5.41) is 1.95. The Balaban J connectivity index is 1.84. The molecule has 0 unspecified atom stereocenters. The summed E-state index contributed by atoms with van der Waals surface area (Å²) in [5.41, 5.74) is 3.99. The molecule has 4 aromatic rings. The van der Waals surface area contributed by atoms with Crippen LogP contribution in [0.2, 0.25) is 0 Å². The van der Waals surface area contributed by atoms with E-state index in [2.05, 4.69) is 15.0 Å².